The summed E-state index contributed by atoms with van der Waals surface area (Å²) in [5, 5.41) is 2.38. The van der Waals surface area contributed by atoms with Gasteiger partial charge in [-0.15, -0.1) is 0 Å². The number of nitrogens with zero attached hydrogens (tertiary/aromatic N) is 1. The van der Waals surface area contributed by atoms with Crippen molar-refractivity contribution in [1.82, 2.24) is 0 Å². The van der Waals surface area contributed by atoms with Crippen LogP contribution in [0.25, 0.3) is 49.7 Å². The molecule has 0 saturated carbocycles. The Morgan fingerprint density at radius 1 is 0.515 bits per heavy atom. The zero-order valence-corrected chi connectivity index (χ0v) is 38.7. The molecule has 3 aliphatic rings. The molecule has 0 bridgehead atoms. The minimum atomic E-state index is -0.614. The third-order valence-corrected chi connectivity index (χ3v) is 14.7. The monoisotopic (exact) mass is 855 g/mol. The summed E-state index contributed by atoms with van der Waals surface area (Å²) in [6.07, 6.45) is 9.94. The molecule has 0 radical (unpaired) electrons. The topological polar surface area (TPSA) is 21.7 Å². The quantitative estimate of drug-likeness (QED) is 0.107. The van der Waals surface area contributed by atoms with Crippen molar-refractivity contribution in [2.45, 2.75) is 64.6 Å². The highest BCUT2D eigenvalue weighted by atomic mass is 16.7. The molecule has 8 aromatic rings. The SMILES string of the molecule is C/C=C\C/C=C\C1=C(C)c2ccc(B3OC(C)(C)C(C)(C)O3)cc2C12c1ccccc1-c1ccc(N(c3ccc(-c4ccccc4)cc3-c3ccccc3)c3cccc4ccccc34)cc12. The van der Waals surface area contributed by atoms with E-state index in [-0.39, 0.29) is 0 Å². The van der Waals surface area contributed by atoms with Crippen LogP contribution in [0, 0.1) is 0 Å². The van der Waals surface area contributed by atoms with Crippen molar-refractivity contribution in [3.05, 3.63) is 234 Å². The minimum absolute atomic E-state index is 0.465. The molecule has 0 aromatic heterocycles. The zero-order chi connectivity index (χ0) is 45.2. The molecular weight excluding hydrogens is 801 g/mol. The van der Waals surface area contributed by atoms with Crippen LogP contribution < -0.4 is 10.4 Å². The first-order valence-corrected chi connectivity index (χ1v) is 23.4. The third kappa shape index (κ3) is 6.57. The lowest BCUT2D eigenvalue weighted by Crippen LogP contribution is -2.41. The number of benzene rings is 8. The molecule has 322 valence electrons. The molecule has 1 atom stereocenters. The molecule has 0 amide bonds. The van der Waals surface area contributed by atoms with Crippen LogP contribution in [-0.4, -0.2) is 18.3 Å². The third-order valence-electron chi connectivity index (χ3n) is 14.7. The molecule has 4 heteroatoms. The van der Waals surface area contributed by atoms with Gasteiger partial charge in [0.15, 0.2) is 0 Å². The number of hydrogen-bond donors (Lipinski definition) is 0. The maximum atomic E-state index is 6.75. The molecule has 1 unspecified atom stereocenters. The fourth-order valence-electron chi connectivity index (χ4n) is 10.7. The second-order valence-corrected chi connectivity index (χ2v) is 19.0. The van der Waals surface area contributed by atoms with Crippen molar-refractivity contribution in [3.63, 3.8) is 0 Å². The summed E-state index contributed by atoms with van der Waals surface area (Å²) in [4.78, 5) is 2.51. The van der Waals surface area contributed by atoms with Crippen LogP contribution in [0.15, 0.2) is 212 Å². The van der Waals surface area contributed by atoms with Gasteiger partial charge in [-0.3, -0.25) is 0 Å². The number of fused-ring (bicyclic) bond motifs is 8. The van der Waals surface area contributed by atoms with Crippen LogP contribution in [0.1, 0.15) is 70.2 Å². The van der Waals surface area contributed by atoms with E-state index in [1.807, 2.05) is 0 Å². The van der Waals surface area contributed by atoms with Crippen LogP contribution in [-0.2, 0) is 14.7 Å². The number of allylic oxidation sites excluding steroid dienone is 6. The van der Waals surface area contributed by atoms with Gasteiger partial charge >= 0.3 is 7.12 Å². The van der Waals surface area contributed by atoms with Crippen LogP contribution >= 0.6 is 0 Å². The molecule has 0 N–H and O–H groups in total. The molecule has 3 nitrogen and oxygen atoms in total. The molecular formula is C62H54BNO2. The molecule has 8 aromatic carbocycles. The minimum Gasteiger partial charge on any atom is -0.399 e. The van der Waals surface area contributed by atoms with E-state index in [1.165, 1.54) is 66.4 Å². The number of anilines is 3. The van der Waals surface area contributed by atoms with E-state index in [0.29, 0.717) is 0 Å². The van der Waals surface area contributed by atoms with Crippen molar-refractivity contribution < 1.29 is 9.31 Å². The van der Waals surface area contributed by atoms with Crippen LogP contribution in [0.2, 0.25) is 0 Å². The van der Waals surface area contributed by atoms with Crippen molar-refractivity contribution in [2.75, 3.05) is 4.90 Å². The first-order chi connectivity index (χ1) is 32.1. The highest BCUT2D eigenvalue weighted by Gasteiger charge is 2.55. The van der Waals surface area contributed by atoms with E-state index < -0.39 is 23.7 Å². The molecule has 1 aliphatic heterocycles. The average molecular weight is 856 g/mol. The maximum absolute atomic E-state index is 6.75. The van der Waals surface area contributed by atoms with Gasteiger partial charge in [0.1, 0.15) is 0 Å². The van der Waals surface area contributed by atoms with Gasteiger partial charge in [-0.1, -0.05) is 176 Å². The van der Waals surface area contributed by atoms with E-state index in [2.05, 4.69) is 253 Å². The van der Waals surface area contributed by atoms with Crippen LogP contribution in [0.3, 0.4) is 0 Å². The summed E-state index contributed by atoms with van der Waals surface area (Å²) in [6.45, 7) is 12.9. The maximum Gasteiger partial charge on any atom is 0.494 e. The second kappa shape index (κ2) is 16.2. The van der Waals surface area contributed by atoms with Gasteiger partial charge in [0, 0.05) is 16.6 Å². The summed E-state index contributed by atoms with van der Waals surface area (Å²) in [6, 6.07) is 67.2. The zero-order valence-electron chi connectivity index (χ0n) is 38.7. The van der Waals surface area contributed by atoms with E-state index in [4.69, 9.17) is 9.31 Å². The number of hydrogen-bond acceptors (Lipinski definition) is 3. The van der Waals surface area contributed by atoms with Gasteiger partial charge in [0.2, 0.25) is 0 Å². The van der Waals surface area contributed by atoms with Gasteiger partial charge in [0.25, 0.3) is 0 Å². The highest BCUT2D eigenvalue weighted by Crippen LogP contribution is 2.63. The average Bonchev–Trinajstić information content (AvgIpc) is 3.87. The fraction of sp³-hybridized carbons (Fsp3) is 0.161. The summed E-state index contributed by atoms with van der Waals surface area (Å²) in [7, 11) is -0.494. The van der Waals surface area contributed by atoms with Crippen molar-refractivity contribution in [2.24, 2.45) is 0 Å². The molecule has 1 saturated heterocycles. The van der Waals surface area contributed by atoms with Crippen molar-refractivity contribution in [3.8, 4) is 33.4 Å². The van der Waals surface area contributed by atoms with Gasteiger partial charge in [-0.05, 0) is 150 Å². The summed E-state index contributed by atoms with van der Waals surface area (Å²) < 4.78 is 13.5. The Morgan fingerprint density at radius 2 is 1.17 bits per heavy atom. The Kier molecular flexibility index (Phi) is 10.2. The predicted molar refractivity (Wildman–Crippen MR) is 278 cm³/mol. The Morgan fingerprint density at radius 3 is 1.94 bits per heavy atom. The fourth-order valence-corrected chi connectivity index (χ4v) is 10.7. The Hall–Kier alpha value is -6.98. The molecule has 1 heterocycles. The van der Waals surface area contributed by atoms with E-state index in [9.17, 15) is 0 Å². The van der Waals surface area contributed by atoms with Crippen molar-refractivity contribution in [1.29, 1.82) is 0 Å². The van der Waals surface area contributed by atoms with Crippen LogP contribution in [0.4, 0.5) is 17.1 Å². The summed E-state index contributed by atoms with van der Waals surface area (Å²) in [5.41, 5.74) is 17.6. The lowest BCUT2D eigenvalue weighted by molar-refractivity contribution is 0.00578. The Bertz CT molecular complexity index is 3250. The first kappa shape index (κ1) is 41.7. The van der Waals surface area contributed by atoms with Gasteiger partial charge in [-0.2, -0.15) is 0 Å². The number of rotatable bonds is 9. The second-order valence-electron chi connectivity index (χ2n) is 19.0. The van der Waals surface area contributed by atoms with Gasteiger partial charge in [0.05, 0.1) is 28.0 Å². The van der Waals surface area contributed by atoms with Gasteiger partial charge in [-0.25, -0.2) is 0 Å². The van der Waals surface area contributed by atoms with E-state index >= 15 is 0 Å². The highest BCUT2D eigenvalue weighted by molar-refractivity contribution is 6.62. The lowest BCUT2D eigenvalue weighted by Gasteiger charge is -2.34. The molecule has 1 spiro atoms. The molecule has 2 aliphatic carbocycles. The normalized spacial score (nSPS) is 17.9. The largest absolute Gasteiger partial charge is 0.494 e. The lowest BCUT2D eigenvalue weighted by atomic mass is 9.67. The predicted octanol–water partition coefficient (Wildman–Crippen LogP) is 15.6. The van der Waals surface area contributed by atoms with E-state index in [0.717, 1.165) is 40.1 Å². The van der Waals surface area contributed by atoms with E-state index in [1.54, 1.807) is 0 Å². The van der Waals surface area contributed by atoms with Crippen LogP contribution in [0.5, 0.6) is 0 Å². The molecule has 1 fully saturated rings. The standard InChI is InChI=1S/C62H54BNO2/c1-7-8-9-16-30-54-42(2)49-36-34-47(63-65-60(3,4)61(5,6)66-63)40-56(49)62(54)55-31-20-19-29-51(55)52-37-35-48(41-57(52)62)64(58-32-21-27-44-26-17-18-28-50(44)58)59-38-33-46(43-22-12-10-13-23-43)39-53(59)45-24-14-11-15-25-45/h7-8,10-41H,9H2,1-6H3/b8-7-,30-16-. The smallest absolute Gasteiger partial charge is 0.399 e. The Labute approximate surface area is 390 Å². The Balaban J connectivity index is 1.19. The molecule has 66 heavy (non-hydrogen) atoms. The summed E-state index contributed by atoms with van der Waals surface area (Å²) in [5.74, 6) is 0. The van der Waals surface area contributed by atoms with Crippen molar-refractivity contribution >= 4 is 46.0 Å². The summed E-state index contributed by atoms with van der Waals surface area (Å²) >= 11 is 0. The molecule has 11 rings (SSSR count). The first-order valence-electron chi connectivity index (χ1n) is 23.4. The van der Waals surface area contributed by atoms with Gasteiger partial charge < -0.3 is 14.2 Å².